The number of fused-ring (bicyclic) bond motifs is 1. The van der Waals surface area contributed by atoms with Crippen molar-refractivity contribution in [2.45, 2.75) is 23.8 Å². The summed E-state index contributed by atoms with van der Waals surface area (Å²) in [6.45, 7) is 0.748. The van der Waals surface area contributed by atoms with Crippen LogP contribution in [0.5, 0.6) is 5.75 Å². The van der Waals surface area contributed by atoms with Crippen molar-refractivity contribution in [3.8, 4) is 28.4 Å². The molecule has 1 saturated heterocycles. The highest BCUT2D eigenvalue weighted by Gasteiger charge is 2.30. The van der Waals surface area contributed by atoms with Gasteiger partial charge in [-0.25, -0.2) is 23.4 Å². The van der Waals surface area contributed by atoms with Crippen molar-refractivity contribution in [3.05, 3.63) is 77.4 Å². The van der Waals surface area contributed by atoms with Gasteiger partial charge in [0.2, 0.25) is 16.0 Å². The molecule has 0 spiro atoms. The molecule has 0 radical (unpaired) electrons. The molecule has 4 heterocycles. The Hall–Kier alpha value is -3.51. The summed E-state index contributed by atoms with van der Waals surface area (Å²) in [7, 11) is -3.64. The molecule has 1 atom stereocenters. The van der Waals surface area contributed by atoms with Crippen molar-refractivity contribution in [2.75, 3.05) is 18.4 Å². The Labute approximate surface area is 228 Å². The highest BCUT2D eigenvalue weighted by molar-refractivity contribution is 7.89. The van der Waals surface area contributed by atoms with Crippen LogP contribution in [0.2, 0.25) is 5.02 Å². The number of nitrogens with zero attached hydrogens (tertiary/aromatic N) is 5. The van der Waals surface area contributed by atoms with Crippen molar-refractivity contribution in [1.82, 2.24) is 23.7 Å². The second-order valence-electron chi connectivity index (χ2n) is 8.98. The Morgan fingerprint density at radius 1 is 1.11 bits per heavy atom. The van der Waals surface area contributed by atoms with Crippen LogP contribution in [-0.2, 0) is 10.0 Å². The number of nitrogens with one attached hydrogen (secondary N) is 1. The minimum atomic E-state index is -3.64. The summed E-state index contributed by atoms with van der Waals surface area (Å²) in [5, 5.41) is 15.8. The Kier molecular flexibility index (Phi) is 6.52. The van der Waals surface area contributed by atoms with E-state index in [9.17, 15) is 13.5 Å². The van der Waals surface area contributed by atoms with E-state index in [0.717, 1.165) is 22.6 Å². The molecule has 0 saturated carbocycles. The minimum absolute atomic E-state index is 0.154. The number of benzene rings is 2. The van der Waals surface area contributed by atoms with Gasteiger partial charge >= 0.3 is 0 Å². The monoisotopic (exact) mass is 566 g/mol. The van der Waals surface area contributed by atoms with E-state index in [1.54, 1.807) is 36.5 Å². The van der Waals surface area contributed by atoms with Crippen molar-refractivity contribution < 1.29 is 13.5 Å². The number of phenols is 1. The van der Waals surface area contributed by atoms with Gasteiger partial charge in [-0.2, -0.15) is 4.31 Å². The number of sulfonamides is 1. The van der Waals surface area contributed by atoms with Gasteiger partial charge in [0.25, 0.3) is 0 Å². The fourth-order valence-electron chi connectivity index (χ4n) is 4.66. The Balaban J connectivity index is 1.28. The zero-order valence-electron chi connectivity index (χ0n) is 20.0. The summed E-state index contributed by atoms with van der Waals surface area (Å²) in [5.74, 6) is 0.565. The number of aromatic hydroxyl groups is 1. The van der Waals surface area contributed by atoms with Gasteiger partial charge in [0.05, 0.1) is 16.3 Å². The van der Waals surface area contributed by atoms with E-state index in [1.807, 2.05) is 28.1 Å². The van der Waals surface area contributed by atoms with Gasteiger partial charge < -0.3 is 10.4 Å². The van der Waals surface area contributed by atoms with Crippen LogP contribution in [0.4, 0.5) is 5.95 Å². The second-order valence-corrected chi connectivity index (χ2v) is 12.2. The number of anilines is 1. The maximum atomic E-state index is 13.2. The largest absolute Gasteiger partial charge is 0.508 e. The average molecular weight is 567 g/mol. The lowest BCUT2D eigenvalue weighted by molar-refractivity contribution is 0.326. The number of imidazole rings is 1. The molecule has 3 aromatic heterocycles. The molecule has 0 amide bonds. The van der Waals surface area contributed by atoms with Crippen molar-refractivity contribution in [2.24, 2.45) is 0 Å². The van der Waals surface area contributed by atoms with E-state index in [0.29, 0.717) is 41.9 Å². The summed E-state index contributed by atoms with van der Waals surface area (Å²) in [5.41, 5.74) is 2.93. The third kappa shape index (κ3) is 4.73. The standard InChI is InChI=1S/C26H23ClN6O3S2/c27-18-6-8-21(9-7-18)38(35,36)32-12-2-4-19(16-32)29-25-28-11-10-22(30-25)24-23(17-3-1-5-20(34)15-17)31-26-33(24)13-14-37-26/h1,3,5-11,13-15,19,34H,2,4,12,16H2,(H,28,29,30). The van der Waals surface area contributed by atoms with Gasteiger partial charge in [0, 0.05) is 47.5 Å². The zero-order valence-corrected chi connectivity index (χ0v) is 22.4. The van der Waals surface area contributed by atoms with Gasteiger partial charge in [-0.15, -0.1) is 11.3 Å². The molecular weight excluding hydrogens is 544 g/mol. The molecule has 194 valence electrons. The number of halogens is 1. The van der Waals surface area contributed by atoms with Crippen LogP contribution in [0.3, 0.4) is 0 Å². The second kappa shape index (κ2) is 9.99. The Morgan fingerprint density at radius 3 is 2.76 bits per heavy atom. The maximum Gasteiger partial charge on any atom is 0.243 e. The van der Waals surface area contributed by atoms with Gasteiger partial charge in [-0.05, 0) is 55.3 Å². The first-order chi connectivity index (χ1) is 18.4. The van der Waals surface area contributed by atoms with Crippen LogP contribution < -0.4 is 5.32 Å². The number of aromatic nitrogens is 4. The Bertz CT molecular complexity index is 1720. The molecule has 12 heteroatoms. The molecule has 6 rings (SSSR count). The topological polar surface area (TPSA) is 113 Å². The number of thiazole rings is 1. The highest BCUT2D eigenvalue weighted by atomic mass is 35.5. The van der Waals surface area contributed by atoms with Gasteiger partial charge in [0.1, 0.15) is 11.4 Å². The van der Waals surface area contributed by atoms with Crippen LogP contribution in [0, 0.1) is 0 Å². The molecule has 1 aliphatic heterocycles. The van der Waals surface area contributed by atoms with Crippen LogP contribution in [0.15, 0.2) is 77.3 Å². The number of rotatable bonds is 6. The predicted octanol–water partition coefficient (Wildman–Crippen LogP) is 5.14. The average Bonchev–Trinajstić information content (AvgIpc) is 3.51. The minimum Gasteiger partial charge on any atom is -0.508 e. The van der Waals surface area contributed by atoms with Crippen molar-refractivity contribution in [3.63, 3.8) is 0 Å². The summed E-state index contributed by atoms with van der Waals surface area (Å²) >= 11 is 7.45. The first kappa shape index (κ1) is 24.8. The first-order valence-corrected chi connectivity index (χ1v) is 14.7. The van der Waals surface area contributed by atoms with Gasteiger partial charge in [-0.1, -0.05) is 23.7 Å². The molecule has 0 aliphatic carbocycles. The molecule has 2 N–H and O–H groups in total. The maximum absolute atomic E-state index is 13.2. The molecule has 38 heavy (non-hydrogen) atoms. The third-order valence-corrected chi connectivity index (χ3v) is 9.34. The summed E-state index contributed by atoms with van der Waals surface area (Å²) in [6, 6.07) is 14.9. The normalized spacial score (nSPS) is 16.6. The van der Waals surface area contributed by atoms with Crippen molar-refractivity contribution in [1.29, 1.82) is 0 Å². The first-order valence-electron chi connectivity index (χ1n) is 12.0. The molecule has 9 nitrogen and oxygen atoms in total. The number of phenolic OH excluding ortho intramolecular Hbond substituents is 1. The van der Waals surface area contributed by atoms with Gasteiger partial charge in [-0.3, -0.25) is 4.40 Å². The summed E-state index contributed by atoms with van der Waals surface area (Å²) in [4.78, 5) is 15.0. The highest BCUT2D eigenvalue weighted by Crippen LogP contribution is 2.35. The fourth-order valence-corrected chi connectivity index (χ4v) is 7.03. The van der Waals surface area contributed by atoms with E-state index < -0.39 is 10.0 Å². The SMILES string of the molecule is O=S(=O)(c1ccc(Cl)cc1)N1CCCC(Nc2nccc(-c3c(-c4cccc(O)c4)nc4sccn34)n2)C1. The van der Waals surface area contributed by atoms with Crippen LogP contribution in [0.1, 0.15) is 12.8 Å². The summed E-state index contributed by atoms with van der Waals surface area (Å²) < 4.78 is 29.9. The molecule has 1 fully saturated rings. The van der Waals surface area contributed by atoms with E-state index in [-0.39, 0.29) is 16.7 Å². The zero-order chi connectivity index (χ0) is 26.3. The summed E-state index contributed by atoms with van der Waals surface area (Å²) in [6.07, 6.45) is 5.11. The number of piperidine rings is 1. The lowest BCUT2D eigenvalue weighted by Crippen LogP contribution is -2.45. The smallest absolute Gasteiger partial charge is 0.243 e. The number of hydrogen-bond donors (Lipinski definition) is 2. The lowest BCUT2D eigenvalue weighted by atomic mass is 10.1. The Morgan fingerprint density at radius 2 is 1.95 bits per heavy atom. The van der Waals surface area contributed by atoms with Crippen molar-refractivity contribution >= 4 is 43.9 Å². The fraction of sp³-hybridized carbons (Fsp3) is 0.192. The lowest BCUT2D eigenvalue weighted by Gasteiger charge is -2.32. The van der Waals surface area contributed by atoms with E-state index >= 15 is 0 Å². The van der Waals surface area contributed by atoms with Gasteiger partial charge in [0.15, 0.2) is 4.96 Å². The quantitative estimate of drug-likeness (QED) is 0.292. The van der Waals surface area contributed by atoms with Crippen LogP contribution in [-0.4, -0.2) is 56.3 Å². The van der Waals surface area contributed by atoms with Crippen LogP contribution >= 0.6 is 22.9 Å². The molecular formula is C26H23ClN6O3S2. The van der Waals surface area contributed by atoms with Crippen LogP contribution in [0.25, 0.3) is 27.6 Å². The molecule has 1 unspecified atom stereocenters. The molecule has 2 aromatic carbocycles. The third-order valence-electron chi connectivity index (χ3n) is 6.45. The predicted molar refractivity (Wildman–Crippen MR) is 148 cm³/mol. The van der Waals surface area contributed by atoms with E-state index in [1.165, 1.54) is 27.8 Å². The molecule has 0 bridgehead atoms. The number of hydrogen-bond acceptors (Lipinski definition) is 8. The van der Waals surface area contributed by atoms with E-state index in [4.69, 9.17) is 21.6 Å². The molecule has 1 aliphatic rings. The molecule has 5 aromatic rings. The van der Waals surface area contributed by atoms with E-state index in [2.05, 4.69) is 10.3 Å².